The van der Waals surface area contributed by atoms with Gasteiger partial charge in [-0.25, -0.2) is 0 Å². The van der Waals surface area contributed by atoms with E-state index in [9.17, 15) is 9.59 Å². The Morgan fingerprint density at radius 2 is 2.32 bits per heavy atom. The van der Waals surface area contributed by atoms with Gasteiger partial charge < -0.3 is 14.4 Å². The summed E-state index contributed by atoms with van der Waals surface area (Å²) in [5, 5.41) is 0. The second kappa shape index (κ2) is 5.92. The number of carbonyl (C=O) groups is 2. The Hall–Kier alpha value is -1.08. The SMILES string of the molecule is COC(=O)C(Br)CN1C(=O)COc2ccc(Br)cc21. The predicted octanol–water partition coefficient (Wildman–Crippen LogP) is 2.11. The van der Waals surface area contributed by atoms with E-state index < -0.39 is 10.8 Å². The van der Waals surface area contributed by atoms with Crippen LogP contribution in [0.2, 0.25) is 0 Å². The molecule has 102 valence electrons. The summed E-state index contributed by atoms with van der Waals surface area (Å²) >= 11 is 6.57. The van der Waals surface area contributed by atoms with Crippen LogP contribution in [0.5, 0.6) is 5.75 Å². The molecule has 0 saturated carbocycles. The van der Waals surface area contributed by atoms with Crippen molar-refractivity contribution < 1.29 is 19.1 Å². The summed E-state index contributed by atoms with van der Waals surface area (Å²) in [5.74, 6) is 0.00200. The van der Waals surface area contributed by atoms with Gasteiger partial charge >= 0.3 is 5.97 Å². The zero-order valence-corrected chi connectivity index (χ0v) is 13.2. The minimum atomic E-state index is -0.577. The Balaban J connectivity index is 2.27. The van der Waals surface area contributed by atoms with E-state index in [0.717, 1.165) is 4.47 Å². The maximum Gasteiger partial charge on any atom is 0.321 e. The molecule has 1 aliphatic rings. The lowest BCUT2D eigenvalue weighted by atomic mass is 10.2. The van der Waals surface area contributed by atoms with E-state index in [1.807, 2.05) is 6.07 Å². The number of benzene rings is 1. The van der Waals surface area contributed by atoms with E-state index in [2.05, 4.69) is 36.6 Å². The molecule has 0 spiro atoms. The predicted molar refractivity (Wildman–Crippen MR) is 76.7 cm³/mol. The summed E-state index contributed by atoms with van der Waals surface area (Å²) in [6.07, 6.45) is 0. The fraction of sp³-hybridized carbons (Fsp3) is 0.333. The second-order valence-corrected chi connectivity index (χ2v) is 5.92. The number of halogens is 2. The fourth-order valence-corrected chi connectivity index (χ4v) is 2.56. The third-order valence-corrected chi connectivity index (χ3v) is 3.82. The molecule has 0 aromatic heterocycles. The average molecular weight is 393 g/mol. The van der Waals surface area contributed by atoms with Gasteiger partial charge in [-0.05, 0) is 18.2 Å². The molecule has 1 aromatic carbocycles. The van der Waals surface area contributed by atoms with Gasteiger partial charge in [-0.15, -0.1) is 0 Å². The molecule has 1 heterocycles. The molecule has 0 fully saturated rings. The first-order chi connectivity index (χ1) is 9.02. The monoisotopic (exact) mass is 391 g/mol. The molecule has 0 saturated heterocycles. The number of hydrogen-bond acceptors (Lipinski definition) is 4. The Labute approximate surface area is 127 Å². The molecular formula is C12H11Br2NO4. The maximum atomic E-state index is 11.9. The number of fused-ring (bicyclic) bond motifs is 1. The summed E-state index contributed by atoms with van der Waals surface area (Å²) in [6, 6.07) is 5.39. The molecule has 2 rings (SSSR count). The number of esters is 1. The largest absolute Gasteiger partial charge is 0.482 e. The number of rotatable bonds is 3. The van der Waals surface area contributed by atoms with Crippen LogP contribution in [0.4, 0.5) is 5.69 Å². The van der Waals surface area contributed by atoms with Crippen LogP contribution in [0.1, 0.15) is 0 Å². The van der Waals surface area contributed by atoms with Gasteiger partial charge in [0.05, 0.1) is 12.8 Å². The highest BCUT2D eigenvalue weighted by Gasteiger charge is 2.29. The number of carbonyl (C=O) groups excluding carboxylic acids is 2. The minimum absolute atomic E-state index is 0.0322. The van der Waals surface area contributed by atoms with Crippen molar-refractivity contribution in [3.05, 3.63) is 22.7 Å². The van der Waals surface area contributed by atoms with E-state index >= 15 is 0 Å². The zero-order valence-electron chi connectivity index (χ0n) is 10.1. The summed E-state index contributed by atoms with van der Waals surface area (Å²) in [7, 11) is 1.31. The summed E-state index contributed by atoms with van der Waals surface area (Å²) in [4.78, 5) is 24.3. The number of amides is 1. The van der Waals surface area contributed by atoms with Crippen molar-refractivity contribution in [2.24, 2.45) is 0 Å². The number of nitrogens with zero attached hydrogens (tertiary/aromatic N) is 1. The molecule has 0 radical (unpaired) electrons. The molecular weight excluding hydrogens is 382 g/mol. The molecule has 0 aliphatic carbocycles. The molecule has 1 amide bonds. The average Bonchev–Trinajstić information content (AvgIpc) is 2.41. The molecule has 5 nitrogen and oxygen atoms in total. The maximum absolute atomic E-state index is 11.9. The minimum Gasteiger partial charge on any atom is -0.482 e. The molecule has 1 unspecified atom stereocenters. The fourth-order valence-electron chi connectivity index (χ4n) is 1.74. The standard InChI is InChI=1S/C12H11Br2NO4/c1-18-12(17)8(14)5-15-9-4-7(13)2-3-10(9)19-6-11(15)16/h2-4,8H,5-6H2,1H3. The third-order valence-electron chi connectivity index (χ3n) is 2.66. The van der Waals surface area contributed by atoms with Crippen molar-refractivity contribution in [2.75, 3.05) is 25.2 Å². The Bertz CT molecular complexity index is 520. The molecule has 19 heavy (non-hydrogen) atoms. The van der Waals surface area contributed by atoms with Gasteiger partial charge in [0.1, 0.15) is 10.6 Å². The van der Waals surface area contributed by atoms with E-state index in [4.69, 9.17) is 4.74 Å². The first kappa shape index (κ1) is 14.3. The summed E-state index contributed by atoms with van der Waals surface area (Å²) in [5.41, 5.74) is 0.638. The molecule has 1 aliphatic heterocycles. The van der Waals surface area contributed by atoms with Crippen molar-refractivity contribution in [3.8, 4) is 5.75 Å². The smallest absolute Gasteiger partial charge is 0.321 e. The first-order valence-electron chi connectivity index (χ1n) is 5.47. The van der Waals surface area contributed by atoms with Gasteiger partial charge in [0.25, 0.3) is 5.91 Å². The highest BCUT2D eigenvalue weighted by Crippen LogP contribution is 2.34. The Morgan fingerprint density at radius 1 is 1.58 bits per heavy atom. The third kappa shape index (κ3) is 3.09. The molecule has 0 bridgehead atoms. The normalized spacial score (nSPS) is 15.5. The molecule has 7 heteroatoms. The lowest BCUT2D eigenvalue weighted by Crippen LogP contribution is -2.43. The van der Waals surface area contributed by atoms with Gasteiger partial charge in [-0.3, -0.25) is 9.59 Å². The van der Waals surface area contributed by atoms with Gasteiger partial charge in [0.2, 0.25) is 0 Å². The van der Waals surface area contributed by atoms with Crippen molar-refractivity contribution in [2.45, 2.75) is 4.83 Å². The van der Waals surface area contributed by atoms with E-state index in [1.54, 1.807) is 12.1 Å². The van der Waals surface area contributed by atoms with Crippen LogP contribution < -0.4 is 9.64 Å². The lowest BCUT2D eigenvalue weighted by Gasteiger charge is -2.30. The number of methoxy groups -OCH3 is 1. The number of ether oxygens (including phenoxy) is 2. The van der Waals surface area contributed by atoms with Crippen molar-refractivity contribution in [1.82, 2.24) is 0 Å². The Morgan fingerprint density at radius 3 is 3.00 bits per heavy atom. The molecule has 1 atom stereocenters. The molecule has 1 aromatic rings. The van der Waals surface area contributed by atoms with Crippen molar-refractivity contribution in [1.29, 1.82) is 0 Å². The van der Waals surface area contributed by atoms with Crippen LogP contribution in [-0.4, -0.2) is 37.0 Å². The second-order valence-electron chi connectivity index (χ2n) is 3.90. The summed E-state index contributed by atoms with van der Waals surface area (Å²) < 4.78 is 10.8. The van der Waals surface area contributed by atoms with E-state index in [-0.39, 0.29) is 19.1 Å². The van der Waals surface area contributed by atoms with Gasteiger partial charge in [0.15, 0.2) is 6.61 Å². The first-order valence-corrected chi connectivity index (χ1v) is 7.18. The van der Waals surface area contributed by atoms with Crippen LogP contribution >= 0.6 is 31.9 Å². The quantitative estimate of drug-likeness (QED) is 0.584. The van der Waals surface area contributed by atoms with E-state index in [1.165, 1.54) is 12.0 Å². The van der Waals surface area contributed by atoms with Crippen LogP contribution in [-0.2, 0) is 14.3 Å². The molecule has 0 N–H and O–H groups in total. The van der Waals surface area contributed by atoms with Gasteiger partial charge in [-0.1, -0.05) is 31.9 Å². The van der Waals surface area contributed by atoms with Crippen molar-refractivity contribution in [3.63, 3.8) is 0 Å². The van der Waals surface area contributed by atoms with Crippen molar-refractivity contribution >= 4 is 49.4 Å². The van der Waals surface area contributed by atoms with Crippen LogP contribution in [0.3, 0.4) is 0 Å². The zero-order chi connectivity index (χ0) is 14.0. The van der Waals surface area contributed by atoms with Crippen LogP contribution in [0, 0.1) is 0 Å². The van der Waals surface area contributed by atoms with E-state index in [0.29, 0.717) is 11.4 Å². The Kier molecular flexibility index (Phi) is 4.46. The van der Waals surface area contributed by atoms with Gasteiger partial charge in [0, 0.05) is 11.0 Å². The topological polar surface area (TPSA) is 55.8 Å². The highest BCUT2D eigenvalue weighted by atomic mass is 79.9. The number of anilines is 1. The van der Waals surface area contributed by atoms with Crippen LogP contribution in [0.15, 0.2) is 22.7 Å². The number of alkyl halides is 1. The number of hydrogen-bond donors (Lipinski definition) is 0. The summed E-state index contributed by atoms with van der Waals surface area (Å²) in [6.45, 7) is 0.161. The lowest BCUT2D eigenvalue weighted by molar-refractivity contribution is -0.139. The van der Waals surface area contributed by atoms with Gasteiger partial charge in [-0.2, -0.15) is 0 Å². The van der Waals surface area contributed by atoms with Crippen LogP contribution in [0.25, 0.3) is 0 Å². The highest BCUT2D eigenvalue weighted by molar-refractivity contribution is 9.10.